The molecule has 0 heterocycles. The highest BCUT2D eigenvalue weighted by Crippen LogP contribution is 2.21. The van der Waals surface area contributed by atoms with Crippen molar-refractivity contribution in [1.82, 2.24) is 5.32 Å². The molecule has 1 rings (SSSR count). The number of carbonyl (C=O) groups excluding carboxylic acids is 1. The van der Waals surface area contributed by atoms with Gasteiger partial charge in [0.25, 0.3) is 5.91 Å². The molecule has 0 aliphatic rings. The average Bonchev–Trinajstić information content (AvgIpc) is 2.34. The Balaban J connectivity index is 2.87. The topological polar surface area (TPSA) is 58.4 Å². The molecule has 1 aromatic rings. The van der Waals surface area contributed by atoms with Crippen LogP contribution >= 0.6 is 11.8 Å². The highest BCUT2D eigenvalue weighted by Gasteiger charge is 2.13. The van der Waals surface area contributed by atoms with Gasteiger partial charge < -0.3 is 16.0 Å². The SMILES string of the molecule is CSC(C)CNC(=O)c1cc(N)ccc1N(C)C. The van der Waals surface area contributed by atoms with Crippen LogP contribution in [0.1, 0.15) is 17.3 Å². The molecular formula is C13H21N3OS. The van der Waals surface area contributed by atoms with E-state index in [-0.39, 0.29) is 5.91 Å². The van der Waals surface area contributed by atoms with E-state index in [9.17, 15) is 4.79 Å². The zero-order chi connectivity index (χ0) is 13.7. The van der Waals surface area contributed by atoms with Gasteiger partial charge in [0.1, 0.15) is 0 Å². The van der Waals surface area contributed by atoms with Crippen LogP contribution in [-0.4, -0.2) is 38.1 Å². The number of nitrogens with two attached hydrogens (primary N) is 1. The molecule has 1 atom stereocenters. The molecule has 1 unspecified atom stereocenters. The first-order valence-corrected chi connectivity index (χ1v) is 7.12. The van der Waals surface area contributed by atoms with E-state index in [4.69, 9.17) is 5.73 Å². The number of hydrogen-bond acceptors (Lipinski definition) is 4. The van der Waals surface area contributed by atoms with Crippen molar-refractivity contribution < 1.29 is 4.79 Å². The van der Waals surface area contributed by atoms with Crippen LogP contribution in [0.2, 0.25) is 0 Å². The van der Waals surface area contributed by atoms with E-state index in [0.717, 1.165) is 5.69 Å². The van der Waals surface area contributed by atoms with Gasteiger partial charge >= 0.3 is 0 Å². The van der Waals surface area contributed by atoms with Crippen LogP contribution in [0.3, 0.4) is 0 Å². The van der Waals surface area contributed by atoms with E-state index in [2.05, 4.69) is 12.2 Å². The summed E-state index contributed by atoms with van der Waals surface area (Å²) in [5.74, 6) is -0.0769. The maximum absolute atomic E-state index is 12.1. The van der Waals surface area contributed by atoms with E-state index >= 15 is 0 Å². The van der Waals surface area contributed by atoms with Crippen molar-refractivity contribution in [2.45, 2.75) is 12.2 Å². The minimum atomic E-state index is -0.0769. The Morgan fingerprint density at radius 2 is 2.17 bits per heavy atom. The third kappa shape index (κ3) is 3.84. The van der Waals surface area contributed by atoms with E-state index in [1.807, 2.05) is 31.3 Å². The minimum absolute atomic E-state index is 0.0769. The van der Waals surface area contributed by atoms with Crippen molar-refractivity contribution in [2.24, 2.45) is 0 Å². The maximum atomic E-state index is 12.1. The number of rotatable bonds is 5. The van der Waals surface area contributed by atoms with Gasteiger partial charge in [-0.1, -0.05) is 6.92 Å². The normalized spacial score (nSPS) is 12.0. The molecule has 3 N–H and O–H groups in total. The van der Waals surface area contributed by atoms with Crippen molar-refractivity contribution in [3.8, 4) is 0 Å². The Labute approximate surface area is 113 Å². The third-order valence-corrected chi connectivity index (χ3v) is 3.67. The molecule has 5 heteroatoms. The smallest absolute Gasteiger partial charge is 0.253 e. The number of benzene rings is 1. The lowest BCUT2D eigenvalue weighted by Crippen LogP contribution is -2.30. The van der Waals surface area contributed by atoms with Gasteiger partial charge in [-0.15, -0.1) is 0 Å². The molecule has 100 valence electrons. The molecule has 0 fully saturated rings. The molecule has 0 spiro atoms. The summed E-state index contributed by atoms with van der Waals surface area (Å²) < 4.78 is 0. The standard InChI is InChI=1S/C13H21N3OS/c1-9(18-4)8-15-13(17)11-7-10(14)5-6-12(11)16(2)3/h5-7,9H,8,14H2,1-4H3,(H,15,17). The van der Waals surface area contributed by atoms with Crippen molar-refractivity contribution in [1.29, 1.82) is 0 Å². The number of amides is 1. The van der Waals surface area contributed by atoms with Crippen LogP contribution in [0.25, 0.3) is 0 Å². The molecule has 0 saturated carbocycles. The predicted octanol–water partition coefficient (Wildman–Crippen LogP) is 1.82. The summed E-state index contributed by atoms with van der Waals surface area (Å²) in [6, 6.07) is 5.38. The second-order valence-corrected chi connectivity index (χ2v) is 5.70. The number of hydrogen-bond donors (Lipinski definition) is 2. The molecule has 0 bridgehead atoms. The molecule has 18 heavy (non-hydrogen) atoms. The summed E-state index contributed by atoms with van der Waals surface area (Å²) in [7, 11) is 3.82. The molecule has 4 nitrogen and oxygen atoms in total. The fourth-order valence-electron chi connectivity index (χ4n) is 1.54. The van der Waals surface area contributed by atoms with Gasteiger partial charge in [0.2, 0.25) is 0 Å². The lowest BCUT2D eigenvalue weighted by molar-refractivity contribution is 0.0954. The van der Waals surface area contributed by atoms with Crippen LogP contribution in [0.15, 0.2) is 18.2 Å². The summed E-state index contributed by atoms with van der Waals surface area (Å²) >= 11 is 1.73. The van der Waals surface area contributed by atoms with E-state index in [1.54, 1.807) is 23.9 Å². The Hall–Kier alpha value is -1.36. The third-order valence-electron chi connectivity index (χ3n) is 2.70. The van der Waals surface area contributed by atoms with Crippen LogP contribution in [0, 0.1) is 0 Å². The highest BCUT2D eigenvalue weighted by molar-refractivity contribution is 7.99. The number of nitrogen functional groups attached to an aromatic ring is 1. The van der Waals surface area contributed by atoms with Gasteiger partial charge in [-0.05, 0) is 24.5 Å². The van der Waals surface area contributed by atoms with E-state index < -0.39 is 0 Å². The second kappa shape index (κ2) is 6.54. The predicted molar refractivity (Wildman–Crippen MR) is 80.5 cm³/mol. The van der Waals surface area contributed by atoms with E-state index in [0.29, 0.717) is 23.0 Å². The van der Waals surface area contributed by atoms with Gasteiger partial charge in [0.15, 0.2) is 0 Å². The lowest BCUT2D eigenvalue weighted by atomic mass is 10.1. The molecule has 0 saturated heterocycles. The van der Waals surface area contributed by atoms with Crippen LogP contribution < -0.4 is 16.0 Å². The Morgan fingerprint density at radius 3 is 2.72 bits per heavy atom. The number of nitrogens with one attached hydrogen (secondary N) is 1. The fourth-order valence-corrected chi connectivity index (χ4v) is 1.79. The maximum Gasteiger partial charge on any atom is 0.253 e. The highest BCUT2D eigenvalue weighted by atomic mass is 32.2. The summed E-state index contributed by atoms with van der Waals surface area (Å²) in [5, 5.41) is 3.33. The number of thioether (sulfide) groups is 1. The minimum Gasteiger partial charge on any atom is -0.399 e. The Bertz CT molecular complexity index is 421. The summed E-state index contributed by atoms with van der Waals surface area (Å²) in [4.78, 5) is 14.0. The van der Waals surface area contributed by atoms with Crippen molar-refractivity contribution >= 4 is 29.0 Å². The molecule has 0 radical (unpaired) electrons. The van der Waals surface area contributed by atoms with E-state index in [1.165, 1.54) is 0 Å². The van der Waals surface area contributed by atoms with Gasteiger partial charge in [-0.3, -0.25) is 4.79 Å². The van der Waals surface area contributed by atoms with Crippen LogP contribution in [0.4, 0.5) is 11.4 Å². The first-order valence-electron chi connectivity index (χ1n) is 5.83. The van der Waals surface area contributed by atoms with Gasteiger partial charge in [-0.2, -0.15) is 11.8 Å². The zero-order valence-electron chi connectivity index (χ0n) is 11.4. The molecule has 0 aromatic heterocycles. The average molecular weight is 267 g/mol. The van der Waals surface area contributed by atoms with Crippen molar-refractivity contribution in [3.05, 3.63) is 23.8 Å². The monoisotopic (exact) mass is 267 g/mol. The molecule has 1 aromatic carbocycles. The first-order chi connectivity index (χ1) is 8.45. The van der Waals surface area contributed by atoms with Gasteiger partial charge in [-0.25, -0.2) is 0 Å². The first kappa shape index (κ1) is 14.7. The van der Waals surface area contributed by atoms with Crippen LogP contribution in [-0.2, 0) is 0 Å². The summed E-state index contributed by atoms with van der Waals surface area (Å²) in [6.45, 7) is 2.73. The Morgan fingerprint density at radius 1 is 1.50 bits per heavy atom. The molecule has 0 aliphatic carbocycles. The van der Waals surface area contributed by atoms with Crippen molar-refractivity contribution in [3.63, 3.8) is 0 Å². The largest absolute Gasteiger partial charge is 0.399 e. The summed E-state index contributed by atoms with van der Waals surface area (Å²) in [5.41, 5.74) is 7.84. The molecule has 0 aliphatic heterocycles. The van der Waals surface area contributed by atoms with Gasteiger partial charge in [0.05, 0.1) is 5.56 Å². The molecule has 1 amide bonds. The lowest BCUT2D eigenvalue weighted by Gasteiger charge is -2.18. The van der Waals surface area contributed by atoms with Gasteiger partial charge in [0, 0.05) is 37.3 Å². The zero-order valence-corrected chi connectivity index (χ0v) is 12.2. The number of anilines is 2. The number of carbonyl (C=O) groups is 1. The summed E-state index contributed by atoms with van der Waals surface area (Å²) in [6.07, 6.45) is 2.03. The Kier molecular flexibility index (Phi) is 5.34. The quantitative estimate of drug-likeness (QED) is 0.799. The number of nitrogens with zero attached hydrogens (tertiary/aromatic N) is 1. The molecular weight excluding hydrogens is 246 g/mol. The second-order valence-electron chi connectivity index (χ2n) is 4.43. The van der Waals surface area contributed by atoms with Crippen LogP contribution in [0.5, 0.6) is 0 Å². The fraction of sp³-hybridized carbons (Fsp3) is 0.462. The van der Waals surface area contributed by atoms with Crippen molar-refractivity contribution in [2.75, 3.05) is 37.5 Å².